The lowest BCUT2D eigenvalue weighted by molar-refractivity contribution is -0.174. The largest absolute Gasteiger partial charge is 0.434 e. The molecule has 2 fully saturated rings. The molecule has 0 N–H and O–H groups in total. The van der Waals surface area contributed by atoms with Crippen LogP contribution < -0.4 is 0 Å². The van der Waals surface area contributed by atoms with Gasteiger partial charge < -0.3 is 9.74 Å². The molecule has 0 spiro atoms. The predicted molar refractivity (Wildman–Crippen MR) is 103 cm³/mol. The summed E-state index contributed by atoms with van der Waals surface area (Å²) in [6, 6.07) is 0. The Hall–Kier alpha value is -1.59. The summed E-state index contributed by atoms with van der Waals surface area (Å²) in [5.74, 6) is -0.878. The number of hydrogen-bond donors (Lipinski definition) is 0. The summed E-state index contributed by atoms with van der Waals surface area (Å²) < 4.78 is 0. The van der Waals surface area contributed by atoms with E-state index >= 15 is 0 Å². The fourth-order valence-electron chi connectivity index (χ4n) is 2.09. The van der Waals surface area contributed by atoms with Gasteiger partial charge in [-0.3, -0.25) is 9.59 Å². The van der Waals surface area contributed by atoms with Gasteiger partial charge in [-0.1, -0.05) is 62.8 Å². The highest BCUT2D eigenvalue weighted by Gasteiger charge is 2.35. The number of amides is 3. The highest BCUT2D eigenvalue weighted by molar-refractivity contribution is 6.01. The van der Waals surface area contributed by atoms with Gasteiger partial charge in [0, 0.05) is 25.9 Å². The molecule has 0 saturated carbocycles. The predicted octanol–water partition coefficient (Wildman–Crippen LogP) is 5.02. The maximum absolute atomic E-state index is 11.8. The van der Waals surface area contributed by atoms with Crippen molar-refractivity contribution in [3.05, 3.63) is 0 Å². The van der Waals surface area contributed by atoms with Crippen molar-refractivity contribution in [3.8, 4) is 0 Å². The first-order chi connectivity index (χ1) is 11.4. The minimum atomic E-state index is -0.603. The van der Waals surface area contributed by atoms with Crippen LogP contribution >= 0.6 is 0 Å². The minimum Gasteiger partial charge on any atom is -0.311 e. The van der Waals surface area contributed by atoms with Crippen molar-refractivity contribution in [2.75, 3.05) is 13.1 Å². The molecule has 6 heteroatoms. The van der Waals surface area contributed by atoms with Crippen molar-refractivity contribution in [3.63, 3.8) is 0 Å². The van der Waals surface area contributed by atoms with Crippen LogP contribution in [0.25, 0.3) is 0 Å². The summed E-state index contributed by atoms with van der Waals surface area (Å²) in [5.41, 5.74) is 0.232. The van der Waals surface area contributed by atoms with E-state index in [-0.39, 0.29) is 25.7 Å². The number of hydroxylamine groups is 2. The van der Waals surface area contributed by atoms with Crippen molar-refractivity contribution in [1.82, 2.24) is 9.96 Å². The zero-order valence-corrected chi connectivity index (χ0v) is 16.8. The van der Waals surface area contributed by atoms with Crippen LogP contribution in [0.2, 0.25) is 0 Å². The number of carbonyl (C=O) groups excluding carboxylic acids is 3. The standard InChI is InChI=1S/C12H18N2O4.3C2H6.CH4/c1-12(2)5-7-13(8-6-12)11(17)18-14-9(15)3-4-10(14)16;3*1-2;/h3-8H2,1-2H3;3*1-2H3;1H4. The Balaban J connectivity index is -0.000000626. The van der Waals surface area contributed by atoms with Gasteiger partial charge in [-0.05, 0) is 18.3 Å². The second-order valence-electron chi connectivity index (χ2n) is 5.59. The summed E-state index contributed by atoms with van der Waals surface area (Å²) in [6.45, 7) is 17.5. The molecule has 0 aromatic heterocycles. The van der Waals surface area contributed by atoms with Gasteiger partial charge >= 0.3 is 6.09 Å². The van der Waals surface area contributed by atoms with Gasteiger partial charge in [-0.25, -0.2) is 4.79 Å². The molecule has 150 valence electrons. The molecule has 2 heterocycles. The molecule has 0 atom stereocenters. The number of rotatable bonds is 1. The Morgan fingerprint density at radius 2 is 1.24 bits per heavy atom. The third kappa shape index (κ3) is 9.46. The average Bonchev–Trinajstić information content (AvgIpc) is 2.92. The van der Waals surface area contributed by atoms with Gasteiger partial charge in [0.1, 0.15) is 0 Å². The molecule has 3 amide bonds. The Morgan fingerprint density at radius 3 is 1.60 bits per heavy atom. The van der Waals surface area contributed by atoms with Crippen LogP contribution in [-0.4, -0.2) is 41.0 Å². The van der Waals surface area contributed by atoms with Crippen LogP contribution in [0.15, 0.2) is 0 Å². The van der Waals surface area contributed by atoms with Gasteiger partial charge in [0.05, 0.1) is 0 Å². The van der Waals surface area contributed by atoms with Crippen LogP contribution in [0.1, 0.15) is 88.5 Å². The highest BCUT2D eigenvalue weighted by Crippen LogP contribution is 2.30. The molecule has 0 bridgehead atoms. The second-order valence-corrected chi connectivity index (χ2v) is 5.59. The molecule has 2 aliphatic rings. The normalized spacial score (nSPS) is 17.6. The fourth-order valence-corrected chi connectivity index (χ4v) is 2.09. The first kappa shape index (κ1) is 28.2. The van der Waals surface area contributed by atoms with Crippen molar-refractivity contribution >= 4 is 17.9 Å². The molecule has 0 aromatic rings. The van der Waals surface area contributed by atoms with Crippen LogP contribution in [0.4, 0.5) is 4.79 Å². The van der Waals surface area contributed by atoms with Crippen LogP contribution in [0.3, 0.4) is 0 Å². The zero-order valence-electron chi connectivity index (χ0n) is 16.8. The van der Waals surface area contributed by atoms with Crippen molar-refractivity contribution in [2.24, 2.45) is 5.41 Å². The number of nitrogens with zero attached hydrogens (tertiary/aromatic N) is 2. The molecule has 2 saturated heterocycles. The fraction of sp³-hybridized carbons (Fsp3) is 0.842. The summed E-state index contributed by atoms with van der Waals surface area (Å²) in [5, 5.41) is 0.599. The molecule has 2 rings (SSSR count). The Bertz CT molecular complexity index is 369. The summed E-state index contributed by atoms with van der Waals surface area (Å²) in [6.07, 6.45) is 1.43. The van der Waals surface area contributed by atoms with Crippen molar-refractivity contribution in [2.45, 2.75) is 88.5 Å². The van der Waals surface area contributed by atoms with E-state index in [0.717, 1.165) is 12.8 Å². The number of piperidine rings is 1. The minimum absolute atomic E-state index is 0. The molecule has 25 heavy (non-hydrogen) atoms. The van der Waals surface area contributed by atoms with Crippen LogP contribution in [-0.2, 0) is 14.4 Å². The van der Waals surface area contributed by atoms with E-state index in [1.54, 1.807) is 4.90 Å². The number of hydrogen-bond acceptors (Lipinski definition) is 4. The number of imide groups is 1. The molecular formula is C19H40N2O4. The second kappa shape index (κ2) is 14.7. The third-order valence-electron chi connectivity index (χ3n) is 3.55. The summed E-state index contributed by atoms with van der Waals surface area (Å²) in [4.78, 5) is 40.9. The van der Waals surface area contributed by atoms with Crippen LogP contribution in [0.5, 0.6) is 0 Å². The number of likely N-dealkylation sites (tertiary alicyclic amines) is 1. The molecule has 0 aliphatic carbocycles. The molecule has 0 radical (unpaired) electrons. The monoisotopic (exact) mass is 360 g/mol. The van der Waals surface area contributed by atoms with E-state index in [1.807, 2.05) is 41.5 Å². The van der Waals surface area contributed by atoms with Crippen LogP contribution in [0, 0.1) is 5.41 Å². The highest BCUT2D eigenvalue weighted by atomic mass is 16.7. The van der Waals surface area contributed by atoms with E-state index in [0.29, 0.717) is 18.2 Å². The third-order valence-corrected chi connectivity index (χ3v) is 3.55. The summed E-state index contributed by atoms with van der Waals surface area (Å²) in [7, 11) is 0. The van der Waals surface area contributed by atoms with E-state index in [2.05, 4.69) is 13.8 Å². The van der Waals surface area contributed by atoms with E-state index in [4.69, 9.17) is 4.84 Å². The SMILES string of the molecule is C.CC.CC.CC.CC1(C)CCN(C(=O)ON2C(=O)CCC2=O)CC1. The Labute approximate surface area is 154 Å². The Kier molecular flexibility index (Phi) is 16.6. The zero-order chi connectivity index (χ0) is 19.3. The van der Waals surface area contributed by atoms with Gasteiger partial charge in [-0.15, -0.1) is 5.06 Å². The lowest BCUT2D eigenvalue weighted by Gasteiger charge is -2.36. The average molecular weight is 361 g/mol. The quantitative estimate of drug-likeness (QED) is 0.616. The molecule has 2 aliphatic heterocycles. The first-order valence-corrected chi connectivity index (χ1v) is 9.22. The lowest BCUT2D eigenvalue weighted by Crippen LogP contribution is -2.44. The number of carbonyl (C=O) groups is 3. The van der Waals surface area contributed by atoms with Gasteiger partial charge in [0.2, 0.25) is 0 Å². The van der Waals surface area contributed by atoms with Gasteiger partial charge in [0.15, 0.2) is 0 Å². The molecular weight excluding hydrogens is 320 g/mol. The maximum atomic E-state index is 11.8. The molecule has 6 nitrogen and oxygen atoms in total. The Morgan fingerprint density at radius 1 is 0.880 bits per heavy atom. The molecule has 0 unspecified atom stereocenters. The molecule has 0 aromatic carbocycles. The van der Waals surface area contributed by atoms with Gasteiger partial charge in [-0.2, -0.15) is 0 Å². The smallest absolute Gasteiger partial charge is 0.311 e. The summed E-state index contributed by atoms with van der Waals surface area (Å²) >= 11 is 0. The van der Waals surface area contributed by atoms with E-state index < -0.39 is 17.9 Å². The van der Waals surface area contributed by atoms with Crippen molar-refractivity contribution in [1.29, 1.82) is 0 Å². The maximum Gasteiger partial charge on any atom is 0.434 e. The topological polar surface area (TPSA) is 66.9 Å². The van der Waals surface area contributed by atoms with Crippen molar-refractivity contribution < 1.29 is 19.2 Å². The van der Waals surface area contributed by atoms with E-state index in [1.165, 1.54) is 0 Å². The lowest BCUT2D eigenvalue weighted by atomic mass is 9.83. The van der Waals surface area contributed by atoms with Gasteiger partial charge in [0.25, 0.3) is 11.8 Å². The van der Waals surface area contributed by atoms with E-state index in [9.17, 15) is 14.4 Å². The first-order valence-electron chi connectivity index (χ1n) is 9.22.